The third-order valence-electron chi connectivity index (χ3n) is 5.13. The largest absolute Gasteiger partial charge is 0.391 e. The molecule has 0 aliphatic rings. The smallest absolute Gasteiger partial charge is 0.246 e. The van der Waals surface area contributed by atoms with Gasteiger partial charge in [0, 0.05) is 12.1 Å². The minimum Gasteiger partial charge on any atom is -0.391 e. The first-order valence-corrected chi connectivity index (χ1v) is 11.2. The Hall–Kier alpha value is -2.25. The molecule has 0 spiro atoms. The molecule has 1 aromatic heterocycles. The summed E-state index contributed by atoms with van der Waals surface area (Å²) in [5, 5.41) is 16.0. The second-order valence-corrected chi connectivity index (χ2v) is 7.80. The zero-order chi connectivity index (χ0) is 21.6. The van der Waals surface area contributed by atoms with Crippen molar-refractivity contribution in [3.63, 3.8) is 0 Å². The normalized spacial score (nSPS) is 12.1. The molecule has 0 unspecified atom stereocenters. The monoisotopic (exact) mass is 416 g/mol. The van der Waals surface area contributed by atoms with E-state index < -0.39 is 6.10 Å². The highest BCUT2D eigenvalue weighted by atomic mass is 16.5. The summed E-state index contributed by atoms with van der Waals surface area (Å²) in [6, 6.07) is 8.24. The molecule has 0 aliphatic carbocycles. The van der Waals surface area contributed by atoms with E-state index in [1.54, 1.807) is 0 Å². The Morgan fingerprint density at radius 1 is 1.10 bits per heavy atom. The van der Waals surface area contributed by atoms with E-state index in [0.29, 0.717) is 11.7 Å². The van der Waals surface area contributed by atoms with Crippen molar-refractivity contribution < 1.29 is 14.4 Å². The van der Waals surface area contributed by atoms with E-state index in [9.17, 15) is 9.90 Å². The maximum atomic E-state index is 11.7. The van der Waals surface area contributed by atoms with Crippen molar-refractivity contribution in [1.29, 1.82) is 0 Å². The van der Waals surface area contributed by atoms with Crippen LogP contribution in [-0.2, 0) is 17.8 Å². The molecule has 0 fully saturated rings. The van der Waals surface area contributed by atoms with Crippen molar-refractivity contribution in [3.05, 3.63) is 35.7 Å². The molecule has 0 bridgehead atoms. The predicted octanol–water partition coefficient (Wildman–Crippen LogP) is 3.75. The third kappa shape index (κ3) is 9.05. The van der Waals surface area contributed by atoms with Crippen LogP contribution in [-0.4, -0.2) is 33.8 Å². The number of nitrogens with one attached hydrogen (secondary N) is 1. The Morgan fingerprint density at radius 3 is 2.43 bits per heavy atom. The van der Waals surface area contributed by atoms with Crippen molar-refractivity contribution in [2.75, 3.05) is 6.54 Å². The standard InChI is InChI=1S/C23H36N4O3/c1-2-3-4-5-6-7-8-9-10-18-11-13-19(14-12-18)23-26-22(30-27-23)17-25-21(29)15-20(28)16-24/h11-14,20,28H,2-10,15-17,24H2,1H3,(H,25,29)/t20-/m1/s1. The van der Waals surface area contributed by atoms with Crippen LogP contribution in [0.5, 0.6) is 0 Å². The molecule has 0 radical (unpaired) electrons. The van der Waals surface area contributed by atoms with Crippen LogP contribution >= 0.6 is 0 Å². The SMILES string of the molecule is CCCCCCCCCCc1ccc(-c2noc(CNC(=O)C[C@@H](O)CN)n2)cc1. The average Bonchev–Trinajstić information content (AvgIpc) is 3.23. The molecule has 7 nitrogen and oxygen atoms in total. The van der Waals surface area contributed by atoms with Gasteiger partial charge in [0.1, 0.15) is 0 Å². The number of aliphatic hydroxyl groups excluding tert-OH is 1. The second kappa shape index (κ2) is 13.9. The number of rotatable bonds is 15. The Bertz CT molecular complexity index is 730. The van der Waals surface area contributed by atoms with Crippen LogP contribution in [0, 0.1) is 0 Å². The highest BCUT2D eigenvalue weighted by Crippen LogP contribution is 2.18. The molecule has 30 heavy (non-hydrogen) atoms. The van der Waals surface area contributed by atoms with E-state index in [1.165, 1.54) is 56.9 Å². The van der Waals surface area contributed by atoms with Crippen LogP contribution in [0.4, 0.5) is 0 Å². The quantitative estimate of drug-likeness (QED) is 0.381. The van der Waals surface area contributed by atoms with Crippen molar-refractivity contribution in [2.24, 2.45) is 5.73 Å². The number of aryl methyl sites for hydroxylation is 1. The van der Waals surface area contributed by atoms with Gasteiger partial charge < -0.3 is 20.7 Å². The van der Waals surface area contributed by atoms with Gasteiger partial charge in [-0.15, -0.1) is 0 Å². The Morgan fingerprint density at radius 2 is 1.77 bits per heavy atom. The van der Waals surface area contributed by atoms with Gasteiger partial charge in [0.2, 0.25) is 17.6 Å². The number of nitrogens with zero attached hydrogens (tertiary/aromatic N) is 2. The summed E-state index contributed by atoms with van der Waals surface area (Å²) >= 11 is 0. The van der Waals surface area contributed by atoms with Crippen LogP contribution in [0.15, 0.2) is 28.8 Å². The molecule has 166 valence electrons. The number of hydrogen-bond donors (Lipinski definition) is 3. The van der Waals surface area contributed by atoms with Gasteiger partial charge in [0.15, 0.2) is 0 Å². The lowest BCUT2D eigenvalue weighted by molar-refractivity contribution is -0.123. The number of nitrogens with two attached hydrogens (primary N) is 1. The molecular formula is C23H36N4O3. The number of hydrogen-bond acceptors (Lipinski definition) is 6. The van der Waals surface area contributed by atoms with Crippen molar-refractivity contribution in [3.8, 4) is 11.4 Å². The van der Waals surface area contributed by atoms with Gasteiger partial charge in [-0.3, -0.25) is 4.79 Å². The molecule has 1 amide bonds. The zero-order valence-electron chi connectivity index (χ0n) is 18.1. The van der Waals surface area contributed by atoms with Crippen LogP contribution < -0.4 is 11.1 Å². The molecule has 0 saturated carbocycles. The fraction of sp³-hybridized carbons (Fsp3) is 0.609. The van der Waals surface area contributed by atoms with E-state index in [0.717, 1.165) is 12.0 Å². The highest BCUT2D eigenvalue weighted by molar-refractivity contribution is 5.76. The third-order valence-corrected chi connectivity index (χ3v) is 5.13. The summed E-state index contributed by atoms with van der Waals surface area (Å²) in [6.45, 7) is 2.42. The van der Waals surface area contributed by atoms with Gasteiger partial charge in [-0.25, -0.2) is 0 Å². The molecule has 4 N–H and O–H groups in total. The summed E-state index contributed by atoms with van der Waals surface area (Å²) in [4.78, 5) is 16.0. The summed E-state index contributed by atoms with van der Waals surface area (Å²) < 4.78 is 5.19. The molecule has 1 aromatic carbocycles. The average molecular weight is 417 g/mol. The summed E-state index contributed by atoms with van der Waals surface area (Å²) in [6.07, 6.45) is 10.8. The first-order valence-electron chi connectivity index (χ1n) is 11.2. The van der Waals surface area contributed by atoms with Gasteiger partial charge in [-0.1, -0.05) is 81.3 Å². The molecule has 7 heteroatoms. The molecule has 2 aromatic rings. The number of benzene rings is 1. The summed E-state index contributed by atoms with van der Waals surface area (Å²) in [5.74, 6) is 0.515. The minimum atomic E-state index is -0.840. The minimum absolute atomic E-state index is 0.0438. The van der Waals surface area contributed by atoms with Crippen molar-refractivity contribution >= 4 is 5.91 Å². The molecule has 0 saturated heterocycles. The van der Waals surface area contributed by atoms with E-state index in [4.69, 9.17) is 10.3 Å². The van der Waals surface area contributed by atoms with Gasteiger partial charge in [-0.2, -0.15) is 4.98 Å². The maximum Gasteiger partial charge on any atom is 0.246 e. The maximum absolute atomic E-state index is 11.7. The van der Waals surface area contributed by atoms with Crippen LogP contribution in [0.25, 0.3) is 11.4 Å². The fourth-order valence-corrected chi connectivity index (χ4v) is 3.27. The van der Waals surface area contributed by atoms with E-state index in [-0.39, 0.29) is 25.4 Å². The molecule has 1 atom stereocenters. The second-order valence-electron chi connectivity index (χ2n) is 7.80. The van der Waals surface area contributed by atoms with E-state index in [2.05, 4.69) is 34.5 Å². The number of amides is 1. The first-order chi connectivity index (χ1) is 14.6. The van der Waals surface area contributed by atoms with Crippen LogP contribution in [0.2, 0.25) is 0 Å². The Labute approximate surface area is 179 Å². The Balaban J connectivity index is 1.70. The number of unbranched alkanes of at least 4 members (excludes halogenated alkanes) is 7. The molecule has 2 rings (SSSR count). The highest BCUT2D eigenvalue weighted by Gasteiger charge is 2.12. The van der Waals surface area contributed by atoms with Crippen LogP contribution in [0.1, 0.15) is 76.2 Å². The summed E-state index contributed by atoms with van der Waals surface area (Å²) in [5.41, 5.74) is 7.50. The molecule has 1 heterocycles. The Kier molecular flexibility index (Phi) is 11.1. The number of carbonyl (C=O) groups is 1. The fourth-order valence-electron chi connectivity index (χ4n) is 3.27. The molecular weight excluding hydrogens is 380 g/mol. The number of aromatic nitrogens is 2. The van der Waals surface area contributed by atoms with Crippen molar-refractivity contribution in [2.45, 2.75) is 83.8 Å². The van der Waals surface area contributed by atoms with E-state index >= 15 is 0 Å². The van der Waals surface area contributed by atoms with Gasteiger partial charge in [-0.05, 0) is 18.4 Å². The van der Waals surface area contributed by atoms with Crippen molar-refractivity contribution in [1.82, 2.24) is 15.5 Å². The van der Waals surface area contributed by atoms with Gasteiger partial charge in [0.05, 0.1) is 19.1 Å². The first kappa shape index (κ1) is 24.0. The van der Waals surface area contributed by atoms with Gasteiger partial charge >= 0.3 is 0 Å². The molecule has 0 aliphatic heterocycles. The van der Waals surface area contributed by atoms with E-state index in [1.807, 2.05) is 12.1 Å². The number of aliphatic hydroxyl groups is 1. The lowest BCUT2D eigenvalue weighted by Crippen LogP contribution is -2.30. The lowest BCUT2D eigenvalue weighted by Gasteiger charge is -2.06. The zero-order valence-corrected chi connectivity index (χ0v) is 18.1. The number of carbonyl (C=O) groups excluding carboxylic acids is 1. The lowest BCUT2D eigenvalue weighted by atomic mass is 10.0. The van der Waals surface area contributed by atoms with Crippen LogP contribution in [0.3, 0.4) is 0 Å². The predicted molar refractivity (Wildman–Crippen MR) is 118 cm³/mol. The topological polar surface area (TPSA) is 114 Å². The van der Waals surface area contributed by atoms with Gasteiger partial charge in [0.25, 0.3) is 0 Å². The summed E-state index contributed by atoms with van der Waals surface area (Å²) in [7, 11) is 0.